The fraction of sp³-hybridized carbons (Fsp3) is 0.111. The first-order chi connectivity index (χ1) is 12.4. The SMILES string of the molecule is Cn1ncc2c1Nc1cc(Cl)ccc1N(C(=O)c1ccc(N)c(F)c1)C2. The molecule has 8 heteroatoms. The van der Waals surface area contributed by atoms with Crippen LogP contribution in [0.3, 0.4) is 0 Å². The van der Waals surface area contributed by atoms with E-state index < -0.39 is 5.82 Å². The molecule has 0 saturated heterocycles. The van der Waals surface area contributed by atoms with E-state index in [0.717, 1.165) is 17.4 Å². The molecule has 0 atom stereocenters. The van der Waals surface area contributed by atoms with Crippen molar-refractivity contribution in [1.82, 2.24) is 9.78 Å². The lowest BCUT2D eigenvalue weighted by molar-refractivity contribution is 0.0985. The third kappa shape index (κ3) is 2.66. The third-order valence-electron chi connectivity index (χ3n) is 4.34. The van der Waals surface area contributed by atoms with Gasteiger partial charge in [-0.15, -0.1) is 0 Å². The molecule has 6 nitrogen and oxygen atoms in total. The van der Waals surface area contributed by atoms with Crippen LogP contribution in [0.15, 0.2) is 42.6 Å². The summed E-state index contributed by atoms with van der Waals surface area (Å²) in [4.78, 5) is 14.7. The molecule has 0 fully saturated rings. The van der Waals surface area contributed by atoms with E-state index in [1.807, 2.05) is 7.05 Å². The Balaban J connectivity index is 1.84. The van der Waals surface area contributed by atoms with Crippen LogP contribution in [-0.4, -0.2) is 15.7 Å². The van der Waals surface area contributed by atoms with Crippen molar-refractivity contribution in [1.29, 1.82) is 0 Å². The fourth-order valence-electron chi connectivity index (χ4n) is 2.98. The van der Waals surface area contributed by atoms with Crippen molar-refractivity contribution >= 4 is 40.4 Å². The molecule has 4 rings (SSSR count). The first-order valence-corrected chi connectivity index (χ1v) is 8.26. The van der Waals surface area contributed by atoms with Crippen molar-refractivity contribution in [2.45, 2.75) is 6.54 Å². The van der Waals surface area contributed by atoms with Crippen molar-refractivity contribution in [2.24, 2.45) is 7.05 Å². The molecule has 1 aliphatic rings. The third-order valence-corrected chi connectivity index (χ3v) is 4.57. The van der Waals surface area contributed by atoms with Crippen LogP contribution in [0.5, 0.6) is 0 Å². The largest absolute Gasteiger partial charge is 0.396 e. The van der Waals surface area contributed by atoms with Crippen molar-refractivity contribution in [3.05, 3.63) is 64.6 Å². The van der Waals surface area contributed by atoms with Crippen molar-refractivity contribution in [2.75, 3.05) is 16.0 Å². The van der Waals surface area contributed by atoms with Gasteiger partial charge in [-0.1, -0.05) is 11.6 Å². The highest BCUT2D eigenvalue weighted by Gasteiger charge is 2.27. The molecule has 0 aliphatic carbocycles. The molecule has 0 bridgehead atoms. The first kappa shape index (κ1) is 16.4. The summed E-state index contributed by atoms with van der Waals surface area (Å²) in [5.41, 5.74) is 7.88. The van der Waals surface area contributed by atoms with E-state index in [4.69, 9.17) is 17.3 Å². The number of benzene rings is 2. The highest BCUT2D eigenvalue weighted by molar-refractivity contribution is 6.31. The number of carbonyl (C=O) groups is 1. The van der Waals surface area contributed by atoms with Gasteiger partial charge in [-0.3, -0.25) is 9.48 Å². The number of aromatic nitrogens is 2. The Labute approximate surface area is 154 Å². The van der Waals surface area contributed by atoms with Crippen LogP contribution in [0, 0.1) is 5.82 Å². The average Bonchev–Trinajstić information content (AvgIpc) is 2.86. The molecule has 3 N–H and O–H groups in total. The van der Waals surface area contributed by atoms with Gasteiger partial charge in [0, 0.05) is 23.2 Å². The summed E-state index contributed by atoms with van der Waals surface area (Å²) in [6.45, 7) is 0.287. The number of aryl methyl sites for hydroxylation is 1. The van der Waals surface area contributed by atoms with Gasteiger partial charge in [0.2, 0.25) is 0 Å². The molecule has 0 saturated carbocycles. The van der Waals surface area contributed by atoms with E-state index in [2.05, 4.69) is 10.4 Å². The molecule has 0 spiro atoms. The predicted molar refractivity (Wildman–Crippen MR) is 99.3 cm³/mol. The van der Waals surface area contributed by atoms with Crippen LogP contribution in [0.4, 0.5) is 27.3 Å². The first-order valence-electron chi connectivity index (χ1n) is 7.88. The van der Waals surface area contributed by atoms with Gasteiger partial charge in [0.05, 0.1) is 29.8 Å². The maximum atomic E-state index is 13.8. The molecular weight excluding hydrogens is 357 g/mol. The number of anilines is 4. The number of nitrogens with two attached hydrogens (primary N) is 1. The lowest BCUT2D eigenvalue weighted by Gasteiger charge is -2.23. The molecule has 0 radical (unpaired) electrons. The van der Waals surface area contributed by atoms with Gasteiger partial charge in [-0.05, 0) is 36.4 Å². The fourth-order valence-corrected chi connectivity index (χ4v) is 3.16. The number of nitrogens with one attached hydrogen (secondary N) is 1. The van der Waals surface area contributed by atoms with Gasteiger partial charge < -0.3 is 16.0 Å². The number of rotatable bonds is 1. The van der Waals surface area contributed by atoms with E-state index >= 15 is 0 Å². The second kappa shape index (κ2) is 6.03. The zero-order chi connectivity index (χ0) is 18.4. The smallest absolute Gasteiger partial charge is 0.258 e. The monoisotopic (exact) mass is 371 g/mol. The van der Waals surface area contributed by atoms with Crippen molar-refractivity contribution in [3.8, 4) is 0 Å². The Morgan fingerprint density at radius 2 is 2.12 bits per heavy atom. The maximum Gasteiger partial charge on any atom is 0.258 e. The number of fused-ring (bicyclic) bond motifs is 2. The summed E-state index contributed by atoms with van der Waals surface area (Å²) in [6.07, 6.45) is 1.69. The second-order valence-corrected chi connectivity index (χ2v) is 6.49. The Morgan fingerprint density at radius 1 is 1.31 bits per heavy atom. The molecule has 1 aromatic heterocycles. The van der Waals surface area contributed by atoms with Crippen LogP contribution in [0.2, 0.25) is 5.02 Å². The van der Waals surface area contributed by atoms with Gasteiger partial charge in [0.1, 0.15) is 11.6 Å². The van der Waals surface area contributed by atoms with E-state index in [1.165, 1.54) is 12.1 Å². The lowest BCUT2D eigenvalue weighted by Crippen LogP contribution is -2.30. The van der Waals surface area contributed by atoms with Gasteiger partial charge >= 0.3 is 0 Å². The standard InChI is InChI=1S/C18H15ClFN5O/c1-24-17-11(8-22-24)9-25(16-5-3-12(19)7-15(16)23-17)18(26)10-2-4-14(21)13(20)6-10/h2-8,23H,9,21H2,1H3. The Hall–Kier alpha value is -3.06. The predicted octanol–water partition coefficient (Wildman–Crippen LogP) is 3.70. The van der Waals surface area contributed by atoms with Crippen molar-refractivity contribution in [3.63, 3.8) is 0 Å². The van der Waals surface area contributed by atoms with E-state index in [0.29, 0.717) is 16.4 Å². The van der Waals surface area contributed by atoms with Gasteiger partial charge in [-0.2, -0.15) is 5.10 Å². The molecule has 2 aromatic carbocycles. The van der Waals surface area contributed by atoms with Crippen LogP contribution in [0.1, 0.15) is 15.9 Å². The van der Waals surface area contributed by atoms with Gasteiger partial charge in [0.25, 0.3) is 5.91 Å². The molecule has 2 heterocycles. The topological polar surface area (TPSA) is 76.2 Å². The van der Waals surface area contributed by atoms with Crippen LogP contribution >= 0.6 is 11.6 Å². The molecule has 1 aliphatic heterocycles. The zero-order valence-electron chi connectivity index (χ0n) is 13.8. The minimum Gasteiger partial charge on any atom is -0.396 e. The Morgan fingerprint density at radius 3 is 2.88 bits per heavy atom. The number of nitrogen functional groups attached to an aromatic ring is 1. The number of hydrogen-bond acceptors (Lipinski definition) is 4. The molecule has 0 unspecified atom stereocenters. The summed E-state index contributed by atoms with van der Waals surface area (Å²) in [5, 5.41) is 8.05. The number of halogens is 2. The van der Waals surface area contributed by atoms with Crippen LogP contribution in [0.25, 0.3) is 0 Å². The maximum absolute atomic E-state index is 13.8. The summed E-state index contributed by atoms with van der Waals surface area (Å²) in [5.74, 6) is -0.194. The Kier molecular flexibility index (Phi) is 3.81. The summed E-state index contributed by atoms with van der Waals surface area (Å²) >= 11 is 6.12. The lowest BCUT2D eigenvalue weighted by atomic mass is 10.1. The molecule has 3 aromatic rings. The average molecular weight is 372 g/mol. The Bertz CT molecular complexity index is 1030. The molecule has 26 heavy (non-hydrogen) atoms. The van der Waals surface area contributed by atoms with Gasteiger partial charge in [-0.25, -0.2) is 4.39 Å². The number of carbonyl (C=O) groups excluding carboxylic acids is 1. The van der Waals surface area contributed by atoms with Crippen molar-refractivity contribution < 1.29 is 9.18 Å². The van der Waals surface area contributed by atoms with Gasteiger partial charge in [0.15, 0.2) is 0 Å². The molecular formula is C18H15ClFN5O. The normalized spacial score (nSPS) is 12.8. The second-order valence-electron chi connectivity index (χ2n) is 6.06. The quantitative estimate of drug-likeness (QED) is 0.639. The molecule has 1 amide bonds. The number of amides is 1. The highest BCUT2D eigenvalue weighted by Crippen LogP contribution is 2.37. The summed E-state index contributed by atoms with van der Waals surface area (Å²) in [7, 11) is 1.81. The number of nitrogens with zero attached hydrogens (tertiary/aromatic N) is 3. The zero-order valence-corrected chi connectivity index (χ0v) is 14.6. The highest BCUT2D eigenvalue weighted by atomic mass is 35.5. The minimum atomic E-state index is -0.623. The van der Waals surface area contributed by atoms with E-state index in [1.54, 1.807) is 34.0 Å². The molecule has 132 valence electrons. The summed E-state index contributed by atoms with van der Waals surface area (Å²) in [6, 6.07) is 9.25. The van der Waals surface area contributed by atoms with Crippen LogP contribution < -0.4 is 16.0 Å². The van der Waals surface area contributed by atoms with E-state index in [9.17, 15) is 9.18 Å². The minimum absolute atomic E-state index is 0.000751. The van der Waals surface area contributed by atoms with Crippen LogP contribution in [-0.2, 0) is 13.6 Å². The van der Waals surface area contributed by atoms with E-state index in [-0.39, 0.29) is 23.7 Å². The number of hydrogen-bond donors (Lipinski definition) is 2. The summed E-state index contributed by atoms with van der Waals surface area (Å²) < 4.78 is 15.5.